The number of rotatable bonds is 7. The van der Waals surface area contributed by atoms with Gasteiger partial charge < -0.3 is 9.88 Å². The highest BCUT2D eigenvalue weighted by atomic mass is 16.2. The minimum Gasteiger partial charge on any atom is -0.361 e. The first-order chi connectivity index (χ1) is 11.6. The number of nitrogens with zero attached hydrogens (tertiary/aromatic N) is 4. The maximum atomic E-state index is 12.9. The molecule has 0 saturated heterocycles. The number of H-pyrrole nitrogens is 2. The summed E-state index contributed by atoms with van der Waals surface area (Å²) >= 11 is 0. The van der Waals surface area contributed by atoms with Gasteiger partial charge in [-0.25, -0.2) is 0 Å². The van der Waals surface area contributed by atoms with Gasteiger partial charge in [0, 0.05) is 42.2 Å². The molecule has 126 valence electrons. The molecule has 1 amide bonds. The van der Waals surface area contributed by atoms with Crippen LogP contribution in [0.4, 0.5) is 0 Å². The van der Waals surface area contributed by atoms with Crippen LogP contribution in [-0.2, 0) is 6.42 Å². The molecule has 0 spiro atoms. The molecule has 3 aromatic rings. The average Bonchev–Trinajstić information content (AvgIpc) is 3.24. The average molecular weight is 326 g/mol. The Morgan fingerprint density at radius 2 is 2.12 bits per heavy atom. The second kappa shape index (κ2) is 7.25. The van der Waals surface area contributed by atoms with Crippen molar-refractivity contribution < 1.29 is 4.79 Å². The largest absolute Gasteiger partial charge is 0.361 e. The summed E-state index contributed by atoms with van der Waals surface area (Å²) in [6.07, 6.45) is 3.43. The van der Waals surface area contributed by atoms with Gasteiger partial charge in [0.2, 0.25) is 0 Å². The predicted molar refractivity (Wildman–Crippen MR) is 91.5 cm³/mol. The minimum atomic E-state index is 0.0437. The Kier molecular flexibility index (Phi) is 4.88. The van der Waals surface area contributed by atoms with Crippen LogP contribution in [0.3, 0.4) is 0 Å². The molecule has 0 aliphatic heterocycles. The predicted octanol–water partition coefficient (Wildman–Crippen LogP) is 2.41. The van der Waals surface area contributed by atoms with Crippen molar-refractivity contribution in [2.75, 3.05) is 13.1 Å². The van der Waals surface area contributed by atoms with Crippen molar-refractivity contribution in [3.63, 3.8) is 0 Å². The Bertz CT molecular complexity index is 792. The van der Waals surface area contributed by atoms with E-state index in [1.807, 2.05) is 35.4 Å². The number of hydrogen-bond donors (Lipinski definition) is 2. The standard InChI is InChI=1S/C17H22N6O/c1-12(2)6-9-23(10-7-16-19-21-22-20-16)17(24)14-3-4-15-13(11-14)5-8-18-15/h3-5,8,11-12,18H,6-7,9-10H2,1-2H3,(H,19,20,21,22). The molecule has 24 heavy (non-hydrogen) atoms. The number of amides is 1. The van der Waals surface area contributed by atoms with Gasteiger partial charge in [-0.1, -0.05) is 19.1 Å². The summed E-state index contributed by atoms with van der Waals surface area (Å²) in [6.45, 7) is 5.62. The van der Waals surface area contributed by atoms with E-state index in [1.54, 1.807) is 0 Å². The summed E-state index contributed by atoms with van der Waals surface area (Å²) in [6, 6.07) is 7.73. The van der Waals surface area contributed by atoms with Crippen molar-refractivity contribution in [1.82, 2.24) is 30.5 Å². The lowest BCUT2D eigenvalue weighted by molar-refractivity contribution is 0.0749. The van der Waals surface area contributed by atoms with Crippen LogP contribution in [0.2, 0.25) is 0 Å². The Hall–Kier alpha value is -2.70. The van der Waals surface area contributed by atoms with E-state index in [2.05, 4.69) is 39.5 Å². The number of fused-ring (bicyclic) bond motifs is 1. The molecule has 2 aromatic heterocycles. The summed E-state index contributed by atoms with van der Waals surface area (Å²) in [5.41, 5.74) is 1.74. The van der Waals surface area contributed by atoms with E-state index in [9.17, 15) is 4.79 Å². The van der Waals surface area contributed by atoms with Crippen LogP contribution in [-0.4, -0.2) is 49.5 Å². The smallest absolute Gasteiger partial charge is 0.253 e. The van der Waals surface area contributed by atoms with E-state index in [0.29, 0.717) is 30.3 Å². The molecule has 2 N–H and O–H groups in total. The fourth-order valence-corrected chi connectivity index (χ4v) is 2.62. The highest BCUT2D eigenvalue weighted by molar-refractivity contribution is 5.98. The lowest BCUT2D eigenvalue weighted by Crippen LogP contribution is -2.34. The maximum absolute atomic E-state index is 12.9. The SMILES string of the molecule is CC(C)CCN(CCc1nn[nH]n1)C(=O)c1ccc2[nH]ccc2c1. The molecule has 2 heterocycles. The summed E-state index contributed by atoms with van der Waals surface area (Å²) in [5, 5.41) is 15.0. The van der Waals surface area contributed by atoms with Gasteiger partial charge in [0.25, 0.3) is 5.91 Å². The van der Waals surface area contributed by atoms with Crippen LogP contribution in [0, 0.1) is 5.92 Å². The number of carbonyl (C=O) groups excluding carboxylic acids is 1. The first-order valence-electron chi connectivity index (χ1n) is 8.22. The zero-order valence-electron chi connectivity index (χ0n) is 14.0. The topological polar surface area (TPSA) is 90.6 Å². The molecule has 1 aromatic carbocycles. The Labute approximate surface area is 140 Å². The number of hydrogen-bond acceptors (Lipinski definition) is 4. The summed E-state index contributed by atoms with van der Waals surface area (Å²) in [7, 11) is 0. The van der Waals surface area contributed by atoms with Crippen LogP contribution in [0.15, 0.2) is 30.5 Å². The van der Waals surface area contributed by atoms with Crippen LogP contribution in [0.1, 0.15) is 36.5 Å². The molecular weight excluding hydrogens is 304 g/mol. The summed E-state index contributed by atoms with van der Waals surface area (Å²) in [4.78, 5) is 18.0. The number of nitrogens with one attached hydrogen (secondary N) is 2. The molecule has 7 heteroatoms. The monoisotopic (exact) mass is 326 g/mol. The molecular formula is C17H22N6O. The van der Waals surface area contributed by atoms with Crippen LogP contribution in [0.25, 0.3) is 10.9 Å². The van der Waals surface area contributed by atoms with Crippen LogP contribution >= 0.6 is 0 Å². The highest BCUT2D eigenvalue weighted by Crippen LogP contribution is 2.16. The van der Waals surface area contributed by atoms with Gasteiger partial charge in [0.15, 0.2) is 5.82 Å². The zero-order chi connectivity index (χ0) is 16.9. The lowest BCUT2D eigenvalue weighted by atomic mass is 10.1. The van der Waals surface area contributed by atoms with Gasteiger partial charge >= 0.3 is 0 Å². The number of tetrazole rings is 1. The molecule has 0 fully saturated rings. The molecule has 0 saturated carbocycles. The molecule has 7 nitrogen and oxygen atoms in total. The second-order valence-corrected chi connectivity index (χ2v) is 6.33. The van der Waals surface area contributed by atoms with Crippen molar-refractivity contribution >= 4 is 16.8 Å². The fourth-order valence-electron chi connectivity index (χ4n) is 2.62. The third kappa shape index (κ3) is 3.79. The van der Waals surface area contributed by atoms with E-state index < -0.39 is 0 Å². The van der Waals surface area contributed by atoms with Gasteiger partial charge in [0.05, 0.1) is 0 Å². The molecule has 0 bridgehead atoms. The first-order valence-corrected chi connectivity index (χ1v) is 8.22. The Morgan fingerprint density at radius 3 is 2.88 bits per heavy atom. The molecule has 3 rings (SSSR count). The first kappa shape index (κ1) is 16.2. The van der Waals surface area contributed by atoms with Crippen LogP contribution < -0.4 is 0 Å². The van der Waals surface area contributed by atoms with Gasteiger partial charge in [-0.05, 0) is 36.6 Å². The Balaban J connectivity index is 1.75. The fraction of sp³-hybridized carbons (Fsp3) is 0.412. The Morgan fingerprint density at radius 1 is 1.25 bits per heavy atom. The van der Waals surface area contributed by atoms with E-state index in [4.69, 9.17) is 0 Å². The molecule has 0 aliphatic rings. The molecule has 0 atom stereocenters. The maximum Gasteiger partial charge on any atom is 0.253 e. The molecule has 0 radical (unpaired) electrons. The van der Waals surface area contributed by atoms with Gasteiger partial charge in [-0.2, -0.15) is 5.21 Å². The van der Waals surface area contributed by atoms with Gasteiger partial charge in [-0.3, -0.25) is 4.79 Å². The van der Waals surface area contributed by atoms with E-state index in [-0.39, 0.29) is 5.91 Å². The second-order valence-electron chi connectivity index (χ2n) is 6.33. The summed E-state index contributed by atoms with van der Waals surface area (Å²) < 4.78 is 0. The zero-order valence-corrected chi connectivity index (χ0v) is 14.0. The quantitative estimate of drug-likeness (QED) is 0.697. The number of aromatic nitrogens is 5. The third-order valence-corrected chi connectivity index (χ3v) is 4.06. The van der Waals surface area contributed by atoms with Crippen LogP contribution in [0.5, 0.6) is 0 Å². The van der Waals surface area contributed by atoms with E-state index >= 15 is 0 Å². The minimum absolute atomic E-state index is 0.0437. The van der Waals surface area contributed by atoms with E-state index in [1.165, 1.54) is 0 Å². The molecule has 0 unspecified atom stereocenters. The van der Waals surface area contributed by atoms with Crippen molar-refractivity contribution in [1.29, 1.82) is 0 Å². The molecule has 0 aliphatic carbocycles. The van der Waals surface area contributed by atoms with Gasteiger partial charge in [-0.15, -0.1) is 10.2 Å². The van der Waals surface area contributed by atoms with Crippen molar-refractivity contribution in [3.8, 4) is 0 Å². The number of carbonyl (C=O) groups is 1. The number of benzene rings is 1. The van der Waals surface area contributed by atoms with Gasteiger partial charge in [0.1, 0.15) is 0 Å². The van der Waals surface area contributed by atoms with E-state index in [0.717, 1.165) is 23.9 Å². The highest BCUT2D eigenvalue weighted by Gasteiger charge is 2.17. The van der Waals surface area contributed by atoms with Crippen molar-refractivity contribution in [2.24, 2.45) is 5.92 Å². The van der Waals surface area contributed by atoms with Crippen molar-refractivity contribution in [2.45, 2.75) is 26.7 Å². The summed E-state index contributed by atoms with van der Waals surface area (Å²) in [5.74, 6) is 1.21. The normalized spacial score (nSPS) is 11.3. The third-order valence-electron chi connectivity index (χ3n) is 4.06. The lowest BCUT2D eigenvalue weighted by Gasteiger charge is -2.23. The van der Waals surface area contributed by atoms with Crippen molar-refractivity contribution in [3.05, 3.63) is 41.9 Å². The number of aromatic amines is 2.